The highest BCUT2D eigenvalue weighted by Gasteiger charge is 2.17. The van der Waals surface area contributed by atoms with E-state index in [4.69, 9.17) is 30.7 Å². The average molecular weight is 337 g/mol. The van der Waals surface area contributed by atoms with E-state index in [0.717, 1.165) is 13.0 Å². The lowest BCUT2D eigenvalue weighted by Crippen LogP contribution is -2.21. The molecule has 0 aliphatic heterocycles. The quantitative estimate of drug-likeness (QED) is 0.330. The molecule has 1 aromatic rings. The maximum absolute atomic E-state index is 12.9. The maximum Gasteiger partial charge on any atom is 0.351 e. The Balaban J connectivity index is 2.58. The maximum atomic E-state index is 12.9. The Labute approximate surface area is 125 Å². The number of anilines is 3. The lowest BCUT2D eigenvalue weighted by atomic mass is 10.4. The van der Waals surface area contributed by atoms with Crippen LogP contribution in [0.15, 0.2) is 18.2 Å². The Kier molecular flexibility index (Phi) is 6.65. The van der Waals surface area contributed by atoms with Crippen LogP contribution in [-0.4, -0.2) is 39.1 Å². The van der Waals surface area contributed by atoms with Gasteiger partial charge in [-0.05, 0) is 6.92 Å². The summed E-state index contributed by atoms with van der Waals surface area (Å²) in [5.41, 5.74) is 11.2. The highest BCUT2D eigenvalue weighted by Crippen LogP contribution is 2.34. The summed E-state index contributed by atoms with van der Waals surface area (Å²) >= 11 is 0. The highest BCUT2D eigenvalue weighted by molar-refractivity contribution is 7.51. The molecule has 0 aromatic carbocycles. The minimum atomic E-state index is -4.40. The molecule has 22 heavy (non-hydrogen) atoms. The van der Waals surface area contributed by atoms with Crippen molar-refractivity contribution in [2.45, 2.75) is 13.2 Å². The first-order chi connectivity index (χ1) is 10.2. The van der Waals surface area contributed by atoms with Crippen molar-refractivity contribution in [2.24, 2.45) is 0 Å². The van der Waals surface area contributed by atoms with E-state index >= 15 is 0 Å². The predicted octanol–water partition coefficient (Wildman–Crippen LogP) is 0.378. The summed E-state index contributed by atoms with van der Waals surface area (Å²) in [5, 5.41) is 2.65. The molecule has 0 amide bonds. The number of ether oxygens (including phenoxy) is 2. The van der Waals surface area contributed by atoms with Crippen molar-refractivity contribution in [3.05, 3.63) is 18.2 Å². The van der Waals surface area contributed by atoms with E-state index in [2.05, 4.69) is 15.3 Å². The van der Waals surface area contributed by atoms with Crippen molar-refractivity contribution in [1.82, 2.24) is 9.97 Å². The summed E-state index contributed by atoms with van der Waals surface area (Å²) in [6.07, 6.45) is -0.119. The number of hydrogen-bond donors (Lipinski definition) is 5. The van der Waals surface area contributed by atoms with Gasteiger partial charge in [0, 0.05) is 6.08 Å². The third-order valence-corrected chi connectivity index (χ3v) is 2.66. The summed E-state index contributed by atoms with van der Waals surface area (Å²) in [5.74, 6) is -0.366. The lowest BCUT2D eigenvalue weighted by molar-refractivity contribution is -0.0955. The molecule has 0 radical (unpaired) electrons. The first-order valence-corrected chi connectivity index (χ1v) is 7.70. The molecule has 0 bridgehead atoms. The van der Waals surface area contributed by atoms with Crippen molar-refractivity contribution in [3.63, 3.8) is 0 Å². The molecule has 0 aliphatic carbocycles. The van der Waals surface area contributed by atoms with Crippen LogP contribution in [0.5, 0.6) is 0 Å². The molecule has 1 heterocycles. The lowest BCUT2D eigenvalue weighted by Gasteiger charge is -2.17. The van der Waals surface area contributed by atoms with E-state index < -0.39 is 26.1 Å². The summed E-state index contributed by atoms with van der Waals surface area (Å²) in [6, 6.07) is 0. The Hall–Kier alpha value is -1.78. The van der Waals surface area contributed by atoms with Crippen LogP contribution in [0.3, 0.4) is 0 Å². The molecule has 1 rings (SSSR count). The number of nitrogens with zero attached hydrogens (tertiary/aromatic N) is 2. The van der Waals surface area contributed by atoms with Gasteiger partial charge in [0.1, 0.15) is 18.7 Å². The van der Waals surface area contributed by atoms with E-state index in [1.807, 2.05) is 0 Å². The van der Waals surface area contributed by atoms with Gasteiger partial charge in [-0.3, -0.25) is 4.57 Å². The van der Waals surface area contributed by atoms with Gasteiger partial charge in [0.05, 0.1) is 5.83 Å². The molecule has 10 nitrogen and oxygen atoms in total. The Bertz CT molecular complexity index is 577. The summed E-state index contributed by atoms with van der Waals surface area (Å²) in [6.45, 7) is 0.907. The number of rotatable bonds is 8. The zero-order chi connectivity index (χ0) is 16.8. The van der Waals surface area contributed by atoms with E-state index in [1.165, 1.54) is 6.33 Å². The van der Waals surface area contributed by atoms with E-state index in [0.29, 0.717) is 0 Å². The standard InChI is InChI=1S/C10H17FN5O5P/c1-6(11)2-7(21-5-22(17,18)19)20-4-16-10-8(12)9(13)14-3-15-10/h2-3,7H,4-5,12H2,1H3,(H2,17,18,19)(H3,13,14,15,16)/b6-2+. The van der Waals surface area contributed by atoms with Gasteiger partial charge in [0.25, 0.3) is 0 Å². The van der Waals surface area contributed by atoms with Crippen molar-refractivity contribution in [2.75, 3.05) is 29.9 Å². The third-order valence-electron chi connectivity index (χ3n) is 2.17. The fourth-order valence-electron chi connectivity index (χ4n) is 1.24. The van der Waals surface area contributed by atoms with Crippen LogP contribution in [0, 0.1) is 0 Å². The molecule has 1 aromatic heterocycles. The predicted molar refractivity (Wildman–Crippen MR) is 77.1 cm³/mol. The molecule has 7 N–H and O–H groups in total. The van der Waals surface area contributed by atoms with Gasteiger partial charge in [-0.2, -0.15) is 0 Å². The van der Waals surface area contributed by atoms with Crippen LogP contribution in [0.2, 0.25) is 0 Å². The van der Waals surface area contributed by atoms with Crippen LogP contribution in [0.25, 0.3) is 0 Å². The molecular formula is C10H17FN5O5P. The molecule has 0 saturated carbocycles. The molecule has 0 fully saturated rings. The van der Waals surface area contributed by atoms with Gasteiger partial charge in [0.15, 0.2) is 24.3 Å². The van der Waals surface area contributed by atoms with Crippen LogP contribution in [0.4, 0.5) is 21.7 Å². The fraction of sp³-hybridized carbons (Fsp3) is 0.400. The number of hydrogen-bond acceptors (Lipinski definition) is 8. The minimum absolute atomic E-state index is 0.0753. The topological polar surface area (TPSA) is 166 Å². The van der Waals surface area contributed by atoms with Gasteiger partial charge in [-0.15, -0.1) is 0 Å². The monoisotopic (exact) mass is 337 g/mol. The largest absolute Gasteiger partial charge is 0.393 e. The van der Waals surface area contributed by atoms with Gasteiger partial charge < -0.3 is 36.0 Å². The van der Waals surface area contributed by atoms with Crippen molar-refractivity contribution >= 4 is 24.9 Å². The number of nitrogen functional groups attached to an aromatic ring is 2. The number of nitrogens with one attached hydrogen (secondary N) is 1. The van der Waals surface area contributed by atoms with Gasteiger partial charge in [-0.25, -0.2) is 14.4 Å². The molecule has 0 spiro atoms. The molecule has 0 aliphatic rings. The van der Waals surface area contributed by atoms with Crippen LogP contribution in [0.1, 0.15) is 6.92 Å². The zero-order valence-corrected chi connectivity index (χ0v) is 12.5. The Morgan fingerprint density at radius 1 is 1.50 bits per heavy atom. The molecule has 12 heteroatoms. The number of allylic oxidation sites excluding steroid dienone is 1. The molecule has 1 unspecified atom stereocenters. The number of nitrogens with two attached hydrogens (primary N) is 2. The van der Waals surface area contributed by atoms with E-state index in [-0.39, 0.29) is 24.1 Å². The second kappa shape index (κ2) is 8.01. The highest BCUT2D eigenvalue weighted by atomic mass is 31.2. The smallest absolute Gasteiger partial charge is 0.351 e. The third kappa shape index (κ3) is 6.78. The average Bonchev–Trinajstić information content (AvgIpc) is 2.39. The summed E-state index contributed by atoms with van der Waals surface area (Å²) < 4.78 is 33.5. The van der Waals surface area contributed by atoms with E-state index in [9.17, 15) is 8.96 Å². The van der Waals surface area contributed by atoms with Gasteiger partial charge >= 0.3 is 7.60 Å². The van der Waals surface area contributed by atoms with Crippen molar-refractivity contribution < 1.29 is 28.2 Å². The minimum Gasteiger partial charge on any atom is -0.393 e. The van der Waals surface area contributed by atoms with Gasteiger partial charge in [-0.1, -0.05) is 0 Å². The SMILES string of the molecule is C/C(F)=C\C(OCNc1ncnc(N)c1N)OCP(=O)(O)O. The molecular weight excluding hydrogens is 320 g/mol. The first-order valence-electron chi connectivity index (χ1n) is 5.90. The summed E-state index contributed by atoms with van der Waals surface area (Å²) in [4.78, 5) is 24.9. The van der Waals surface area contributed by atoms with Crippen molar-refractivity contribution in [1.29, 1.82) is 0 Å². The number of aromatic nitrogens is 2. The Morgan fingerprint density at radius 3 is 2.77 bits per heavy atom. The van der Waals surface area contributed by atoms with Crippen LogP contribution >= 0.6 is 7.60 Å². The first kappa shape index (κ1) is 18.3. The van der Waals surface area contributed by atoms with E-state index in [1.54, 1.807) is 0 Å². The normalized spacial score (nSPS) is 13.9. The molecule has 0 saturated heterocycles. The van der Waals surface area contributed by atoms with Gasteiger partial charge in [0.2, 0.25) is 0 Å². The van der Waals surface area contributed by atoms with Crippen LogP contribution < -0.4 is 16.8 Å². The van der Waals surface area contributed by atoms with Crippen LogP contribution in [-0.2, 0) is 14.0 Å². The zero-order valence-electron chi connectivity index (χ0n) is 11.6. The Morgan fingerprint density at radius 2 is 2.18 bits per heavy atom. The second-order valence-electron chi connectivity index (χ2n) is 4.09. The van der Waals surface area contributed by atoms with Crippen molar-refractivity contribution in [3.8, 4) is 0 Å². The molecule has 124 valence electrons. The number of halogens is 1. The summed E-state index contributed by atoms with van der Waals surface area (Å²) in [7, 11) is -4.40. The molecule has 1 atom stereocenters. The second-order valence-corrected chi connectivity index (χ2v) is 5.68. The fourth-order valence-corrected chi connectivity index (χ4v) is 1.59.